The van der Waals surface area contributed by atoms with Crippen molar-refractivity contribution in [2.75, 3.05) is 6.54 Å². The van der Waals surface area contributed by atoms with E-state index in [4.69, 9.17) is 0 Å². The number of rotatable bonds is 5. The minimum absolute atomic E-state index is 0.0370. The zero-order chi connectivity index (χ0) is 17.4. The van der Waals surface area contributed by atoms with Gasteiger partial charge in [-0.2, -0.15) is 5.10 Å². The summed E-state index contributed by atoms with van der Waals surface area (Å²) in [4.78, 5) is 30.3. The van der Waals surface area contributed by atoms with Crippen LogP contribution in [0, 0.1) is 0 Å². The van der Waals surface area contributed by atoms with Crippen LogP contribution in [0.3, 0.4) is 0 Å². The molecule has 1 unspecified atom stereocenters. The first-order valence-electron chi connectivity index (χ1n) is 8.94. The molecule has 7 heteroatoms. The molecule has 2 aromatic rings. The van der Waals surface area contributed by atoms with E-state index in [0.29, 0.717) is 19.0 Å². The van der Waals surface area contributed by atoms with Crippen LogP contribution in [0.2, 0.25) is 0 Å². The van der Waals surface area contributed by atoms with Gasteiger partial charge in [0.15, 0.2) is 0 Å². The fraction of sp³-hybridized carbons (Fsp3) is 0.556. The van der Waals surface area contributed by atoms with E-state index in [1.807, 2.05) is 6.07 Å². The van der Waals surface area contributed by atoms with Crippen LogP contribution in [-0.4, -0.2) is 36.8 Å². The highest BCUT2D eigenvalue weighted by atomic mass is 16.1. The van der Waals surface area contributed by atoms with Crippen molar-refractivity contribution in [1.29, 1.82) is 0 Å². The van der Waals surface area contributed by atoms with Gasteiger partial charge in [0.2, 0.25) is 0 Å². The van der Waals surface area contributed by atoms with E-state index < -0.39 is 0 Å². The molecule has 3 heterocycles. The molecule has 2 aromatic heterocycles. The number of aromatic nitrogens is 4. The maximum atomic E-state index is 12.2. The molecule has 4 rings (SSSR count). The summed E-state index contributed by atoms with van der Waals surface area (Å²) in [6, 6.07) is 3.77. The van der Waals surface area contributed by atoms with E-state index >= 15 is 0 Å². The Balaban J connectivity index is 1.52. The van der Waals surface area contributed by atoms with Crippen LogP contribution in [0.1, 0.15) is 43.0 Å². The van der Waals surface area contributed by atoms with Gasteiger partial charge in [-0.05, 0) is 38.3 Å². The van der Waals surface area contributed by atoms with E-state index in [2.05, 4.69) is 15.0 Å². The summed E-state index contributed by atoms with van der Waals surface area (Å²) in [7, 11) is 1.77. The minimum atomic E-state index is -0.0942. The summed E-state index contributed by atoms with van der Waals surface area (Å²) in [5.41, 5.74) is 1.80. The van der Waals surface area contributed by atoms with Crippen molar-refractivity contribution in [1.82, 2.24) is 24.2 Å². The lowest BCUT2D eigenvalue weighted by Gasteiger charge is -2.25. The molecule has 0 aromatic carbocycles. The first kappa shape index (κ1) is 16.2. The van der Waals surface area contributed by atoms with Crippen molar-refractivity contribution >= 4 is 0 Å². The summed E-state index contributed by atoms with van der Waals surface area (Å²) >= 11 is 0. The van der Waals surface area contributed by atoms with Gasteiger partial charge in [-0.25, -0.2) is 4.68 Å². The lowest BCUT2D eigenvalue weighted by Crippen LogP contribution is -2.38. The van der Waals surface area contributed by atoms with Crippen molar-refractivity contribution in [3.05, 3.63) is 56.6 Å². The maximum Gasteiger partial charge on any atom is 0.268 e. The molecule has 1 saturated heterocycles. The number of hydrogen-bond donors (Lipinski definition) is 0. The number of hydrogen-bond acceptors (Lipinski definition) is 5. The number of nitrogens with zero attached hydrogens (tertiary/aromatic N) is 5. The van der Waals surface area contributed by atoms with Crippen LogP contribution in [0.15, 0.2) is 34.1 Å². The van der Waals surface area contributed by atoms with Crippen molar-refractivity contribution in [2.45, 2.75) is 50.7 Å². The van der Waals surface area contributed by atoms with Crippen LogP contribution < -0.4 is 11.1 Å². The van der Waals surface area contributed by atoms with Gasteiger partial charge >= 0.3 is 0 Å². The van der Waals surface area contributed by atoms with Gasteiger partial charge in [-0.3, -0.25) is 19.5 Å². The van der Waals surface area contributed by atoms with E-state index in [1.54, 1.807) is 28.6 Å². The predicted molar refractivity (Wildman–Crippen MR) is 93.4 cm³/mol. The standard InChI is InChI=1S/C18H23N5O2/c1-21-15(9-19-10-18(21)25)11-22-8-2-3-14(22)12-23-17(24)7-6-16(20-23)13-4-5-13/h6-7,9-10,13-14H,2-5,8,11-12H2,1H3. The molecule has 0 N–H and O–H groups in total. The Morgan fingerprint density at radius 1 is 1.12 bits per heavy atom. The van der Waals surface area contributed by atoms with Crippen molar-refractivity contribution in [3.8, 4) is 0 Å². The predicted octanol–water partition coefficient (Wildman–Crippen LogP) is 0.879. The third kappa shape index (κ3) is 3.42. The van der Waals surface area contributed by atoms with Crippen molar-refractivity contribution < 1.29 is 0 Å². The second kappa shape index (κ2) is 6.55. The van der Waals surface area contributed by atoms with Crippen LogP contribution in [0.4, 0.5) is 0 Å². The van der Waals surface area contributed by atoms with Crippen LogP contribution in [-0.2, 0) is 20.1 Å². The number of likely N-dealkylation sites (tertiary alicyclic amines) is 1. The first-order valence-corrected chi connectivity index (χ1v) is 8.94. The minimum Gasteiger partial charge on any atom is -0.312 e. The molecule has 1 aliphatic carbocycles. The monoisotopic (exact) mass is 341 g/mol. The average Bonchev–Trinajstić information content (AvgIpc) is 3.36. The molecule has 2 fully saturated rings. The van der Waals surface area contributed by atoms with Gasteiger partial charge in [-0.1, -0.05) is 0 Å². The maximum absolute atomic E-state index is 12.2. The summed E-state index contributed by atoms with van der Waals surface area (Å²) < 4.78 is 3.26. The van der Waals surface area contributed by atoms with E-state index in [-0.39, 0.29) is 17.2 Å². The molecule has 7 nitrogen and oxygen atoms in total. The first-order chi connectivity index (χ1) is 12.1. The lowest BCUT2D eigenvalue weighted by molar-refractivity contribution is 0.211. The quantitative estimate of drug-likeness (QED) is 0.807. The zero-order valence-electron chi connectivity index (χ0n) is 14.5. The topological polar surface area (TPSA) is 73.0 Å². The Hall–Kier alpha value is -2.28. The summed E-state index contributed by atoms with van der Waals surface area (Å²) in [5, 5.41) is 4.58. The molecular formula is C18H23N5O2. The second-order valence-electron chi connectivity index (χ2n) is 7.12. The molecule has 1 saturated carbocycles. The molecule has 0 amide bonds. The lowest BCUT2D eigenvalue weighted by atomic mass is 10.2. The summed E-state index contributed by atoms with van der Waals surface area (Å²) in [6.45, 7) is 2.24. The Kier molecular flexibility index (Phi) is 4.25. The SMILES string of the molecule is Cn1c(CN2CCCC2Cn2nc(C3CC3)ccc2=O)cncc1=O. The molecule has 0 radical (unpaired) electrons. The van der Waals surface area contributed by atoms with Gasteiger partial charge in [0.25, 0.3) is 11.1 Å². The molecule has 1 aliphatic heterocycles. The Bertz CT molecular complexity index is 884. The molecule has 0 bridgehead atoms. The molecule has 1 atom stereocenters. The molecule has 25 heavy (non-hydrogen) atoms. The van der Waals surface area contributed by atoms with Crippen molar-refractivity contribution in [2.24, 2.45) is 7.05 Å². The van der Waals surface area contributed by atoms with Crippen LogP contribution in [0.5, 0.6) is 0 Å². The summed E-state index contributed by atoms with van der Waals surface area (Å²) in [5.74, 6) is 0.538. The molecular weight excluding hydrogens is 318 g/mol. The fourth-order valence-corrected chi connectivity index (χ4v) is 3.56. The van der Waals surface area contributed by atoms with Crippen molar-refractivity contribution in [3.63, 3.8) is 0 Å². The second-order valence-corrected chi connectivity index (χ2v) is 7.12. The van der Waals surface area contributed by atoms with Gasteiger partial charge < -0.3 is 4.57 Å². The fourth-order valence-electron chi connectivity index (χ4n) is 3.56. The van der Waals surface area contributed by atoms with Gasteiger partial charge in [0, 0.05) is 37.8 Å². The smallest absolute Gasteiger partial charge is 0.268 e. The molecule has 2 aliphatic rings. The normalized spacial score (nSPS) is 20.9. The summed E-state index contributed by atoms with van der Waals surface area (Å²) in [6.07, 6.45) is 7.56. The van der Waals surface area contributed by atoms with E-state index in [0.717, 1.165) is 30.8 Å². The van der Waals surface area contributed by atoms with Crippen LogP contribution in [0.25, 0.3) is 0 Å². The Morgan fingerprint density at radius 2 is 1.96 bits per heavy atom. The average molecular weight is 341 g/mol. The Labute approximate surface area is 145 Å². The molecule has 0 spiro atoms. The Morgan fingerprint density at radius 3 is 2.76 bits per heavy atom. The van der Waals surface area contributed by atoms with Crippen LogP contribution >= 0.6 is 0 Å². The highest BCUT2D eigenvalue weighted by Gasteiger charge is 2.28. The van der Waals surface area contributed by atoms with Gasteiger partial charge in [0.1, 0.15) is 0 Å². The van der Waals surface area contributed by atoms with E-state index in [9.17, 15) is 9.59 Å². The zero-order valence-corrected chi connectivity index (χ0v) is 14.5. The van der Waals surface area contributed by atoms with Gasteiger partial charge in [-0.15, -0.1) is 0 Å². The molecule has 132 valence electrons. The van der Waals surface area contributed by atoms with Gasteiger partial charge in [0.05, 0.1) is 24.1 Å². The highest BCUT2D eigenvalue weighted by molar-refractivity contribution is 5.12. The highest BCUT2D eigenvalue weighted by Crippen LogP contribution is 2.38. The third-order valence-electron chi connectivity index (χ3n) is 5.30. The third-order valence-corrected chi connectivity index (χ3v) is 5.30. The van der Waals surface area contributed by atoms with E-state index in [1.165, 1.54) is 19.0 Å². The largest absolute Gasteiger partial charge is 0.312 e.